The molecule has 0 aliphatic carbocycles. The summed E-state index contributed by atoms with van der Waals surface area (Å²) in [5, 5.41) is 1.02. The van der Waals surface area contributed by atoms with Crippen molar-refractivity contribution in [1.82, 2.24) is 4.57 Å². The second-order valence-corrected chi connectivity index (χ2v) is 4.76. The van der Waals surface area contributed by atoms with Gasteiger partial charge in [-0.2, -0.15) is 0 Å². The maximum Gasteiger partial charge on any atom is 0.195 e. The minimum absolute atomic E-state index is 0.0960. The summed E-state index contributed by atoms with van der Waals surface area (Å²) < 4.78 is 2.06. The zero-order valence-corrected chi connectivity index (χ0v) is 11.0. The lowest BCUT2D eigenvalue weighted by atomic mass is 10.1. The maximum absolute atomic E-state index is 12.4. The van der Waals surface area contributed by atoms with Crippen LogP contribution in [0.25, 0.3) is 0 Å². The van der Waals surface area contributed by atoms with Crippen LogP contribution in [-0.4, -0.2) is 16.6 Å². The predicted molar refractivity (Wildman–Crippen MR) is 71.8 cm³/mol. The van der Waals surface area contributed by atoms with E-state index < -0.39 is 0 Å². The summed E-state index contributed by atoms with van der Waals surface area (Å²) in [6.07, 6.45) is 2.00. The van der Waals surface area contributed by atoms with Crippen LogP contribution in [0.2, 0.25) is 0 Å². The Hall–Kier alpha value is -1.48. The van der Waals surface area contributed by atoms with Crippen molar-refractivity contribution in [2.45, 2.75) is 11.9 Å². The summed E-state index contributed by atoms with van der Waals surface area (Å²) >= 11 is 1.61. The van der Waals surface area contributed by atoms with Gasteiger partial charge in [-0.05, 0) is 19.2 Å². The van der Waals surface area contributed by atoms with Gasteiger partial charge in [0, 0.05) is 18.3 Å². The molecule has 88 valence electrons. The van der Waals surface area contributed by atoms with E-state index in [4.69, 9.17) is 0 Å². The van der Waals surface area contributed by atoms with Crippen LogP contribution in [0, 0.1) is 6.92 Å². The molecule has 1 heterocycles. The molecule has 17 heavy (non-hydrogen) atoms. The number of ketones is 1. The topological polar surface area (TPSA) is 22.0 Å². The van der Waals surface area contributed by atoms with E-state index in [2.05, 4.69) is 4.57 Å². The third kappa shape index (κ3) is 2.15. The third-order valence-electron chi connectivity index (χ3n) is 2.89. The average Bonchev–Trinajstić information content (AvgIpc) is 2.65. The number of hydrogen-bond acceptors (Lipinski definition) is 2. The Labute approximate surface area is 106 Å². The number of thioether (sulfide) groups is 1. The summed E-state index contributed by atoms with van der Waals surface area (Å²) in [7, 11) is 1.99. The summed E-state index contributed by atoms with van der Waals surface area (Å²) in [5.41, 5.74) is 2.64. The van der Waals surface area contributed by atoms with Gasteiger partial charge in [-0.3, -0.25) is 4.79 Å². The number of hydrogen-bond donors (Lipinski definition) is 0. The molecule has 0 aliphatic heterocycles. The van der Waals surface area contributed by atoms with Crippen molar-refractivity contribution in [3.05, 3.63) is 53.2 Å². The molecule has 1 aromatic carbocycles. The second kappa shape index (κ2) is 4.80. The number of carbonyl (C=O) groups excluding carboxylic acids is 1. The van der Waals surface area contributed by atoms with Crippen molar-refractivity contribution in [3.8, 4) is 0 Å². The molecule has 0 N–H and O–H groups in total. The predicted octanol–water partition coefficient (Wildman–Crippen LogP) is 3.29. The first-order chi connectivity index (χ1) is 8.15. The quantitative estimate of drug-likeness (QED) is 0.611. The molecule has 0 radical (unpaired) electrons. The molecule has 0 spiro atoms. The zero-order valence-electron chi connectivity index (χ0n) is 10.2. The van der Waals surface area contributed by atoms with E-state index in [0.717, 1.165) is 21.8 Å². The van der Waals surface area contributed by atoms with Crippen molar-refractivity contribution in [1.29, 1.82) is 0 Å². The molecule has 0 fully saturated rings. The van der Waals surface area contributed by atoms with Crippen LogP contribution in [0.4, 0.5) is 0 Å². The molecular formula is C14H15NOS. The van der Waals surface area contributed by atoms with Crippen molar-refractivity contribution in [3.63, 3.8) is 0 Å². The maximum atomic E-state index is 12.4. The molecule has 0 bridgehead atoms. The molecule has 2 aromatic rings. The summed E-state index contributed by atoms with van der Waals surface area (Å²) in [6, 6.07) is 11.4. The van der Waals surface area contributed by atoms with E-state index in [-0.39, 0.29) is 5.78 Å². The van der Waals surface area contributed by atoms with E-state index in [9.17, 15) is 4.79 Å². The Bertz CT molecular complexity index is 543. The van der Waals surface area contributed by atoms with Gasteiger partial charge in [0.05, 0.1) is 10.6 Å². The SMILES string of the molecule is CSc1c(C(=O)c2ccccc2)cc(C)n1C. The Kier molecular flexibility index (Phi) is 3.38. The average molecular weight is 245 g/mol. The van der Waals surface area contributed by atoms with Gasteiger partial charge in [0.1, 0.15) is 0 Å². The highest BCUT2D eigenvalue weighted by Crippen LogP contribution is 2.25. The molecule has 2 nitrogen and oxygen atoms in total. The van der Waals surface area contributed by atoms with E-state index in [1.54, 1.807) is 11.8 Å². The molecule has 2 rings (SSSR count). The largest absolute Gasteiger partial charge is 0.343 e. The summed E-state index contributed by atoms with van der Waals surface area (Å²) in [5.74, 6) is 0.0960. The smallest absolute Gasteiger partial charge is 0.195 e. The monoisotopic (exact) mass is 245 g/mol. The molecule has 0 aliphatic rings. The van der Waals surface area contributed by atoms with Gasteiger partial charge in [-0.25, -0.2) is 0 Å². The third-order valence-corrected chi connectivity index (χ3v) is 3.77. The summed E-state index contributed by atoms with van der Waals surface area (Å²) in [6.45, 7) is 2.02. The van der Waals surface area contributed by atoms with Crippen molar-refractivity contribution in [2.24, 2.45) is 7.05 Å². The van der Waals surface area contributed by atoms with Gasteiger partial charge >= 0.3 is 0 Å². The Balaban J connectivity index is 2.48. The van der Waals surface area contributed by atoms with E-state index in [1.807, 2.05) is 56.6 Å². The second-order valence-electron chi connectivity index (χ2n) is 3.96. The lowest BCUT2D eigenvalue weighted by molar-refractivity contribution is 0.103. The highest BCUT2D eigenvalue weighted by Gasteiger charge is 2.17. The molecule has 0 saturated heterocycles. The van der Waals surface area contributed by atoms with Crippen molar-refractivity contribution in [2.75, 3.05) is 6.26 Å². The molecule has 3 heteroatoms. The molecule has 1 aromatic heterocycles. The lowest BCUT2D eigenvalue weighted by Gasteiger charge is -2.04. The van der Waals surface area contributed by atoms with Gasteiger partial charge in [-0.15, -0.1) is 11.8 Å². The number of rotatable bonds is 3. The van der Waals surface area contributed by atoms with Crippen LogP contribution in [0.3, 0.4) is 0 Å². The molecular weight excluding hydrogens is 230 g/mol. The Morgan fingerprint density at radius 1 is 1.24 bits per heavy atom. The molecule has 0 atom stereocenters. The lowest BCUT2D eigenvalue weighted by Crippen LogP contribution is -2.02. The van der Waals surface area contributed by atoms with Gasteiger partial charge < -0.3 is 4.57 Å². The van der Waals surface area contributed by atoms with Crippen LogP contribution < -0.4 is 0 Å². The fourth-order valence-corrected chi connectivity index (χ4v) is 2.65. The molecule has 0 saturated carbocycles. The Morgan fingerprint density at radius 2 is 1.88 bits per heavy atom. The van der Waals surface area contributed by atoms with Crippen LogP contribution in [-0.2, 0) is 7.05 Å². The minimum atomic E-state index is 0.0960. The standard InChI is InChI=1S/C14H15NOS/c1-10-9-12(14(17-3)15(10)2)13(16)11-7-5-4-6-8-11/h4-9H,1-3H3. The van der Waals surface area contributed by atoms with E-state index in [1.165, 1.54) is 0 Å². The first-order valence-corrected chi connectivity index (χ1v) is 6.67. The van der Waals surface area contributed by atoms with Crippen molar-refractivity contribution < 1.29 is 4.79 Å². The minimum Gasteiger partial charge on any atom is -0.343 e. The highest BCUT2D eigenvalue weighted by atomic mass is 32.2. The molecule has 0 amide bonds. The van der Waals surface area contributed by atoms with E-state index in [0.29, 0.717) is 0 Å². The number of aromatic nitrogens is 1. The van der Waals surface area contributed by atoms with Crippen LogP contribution in [0.1, 0.15) is 21.6 Å². The zero-order chi connectivity index (χ0) is 12.4. The first kappa shape index (κ1) is 12.0. The number of aryl methyl sites for hydroxylation is 1. The van der Waals surface area contributed by atoms with Crippen LogP contribution in [0.15, 0.2) is 41.4 Å². The fourth-order valence-electron chi connectivity index (χ4n) is 1.86. The van der Waals surface area contributed by atoms with Gasteiger partial charge in [0.2, 0.25) is 0 Å². The number of benzene rings is 1. The van der Waals surface area contributed by atoms with Crippen LogP contribution >= 0.6 is 11.8 Å². The first-order valence-electron chi connectivity index (χ1n) is 5.45. The van der Waals surface area contributed by atoms with Gasteiger partial charge in [0.25, 0.3) is 0 Å². The van der Waals surface area contributed by atoms with Gasteiger partial charge in [0.15, 0.2) is 5.78 Å². The highest BCUT2D eigenvalue weighted by molar-refractivity contribution is 7.98. The number of carbonyl (C=O) groups is 1. The van der Waals surface area contributed by atoms with Crippen LogP contribution in [0.5, 0.6) is 0 Å². The Morgan fingerprint density at radius 3 is 2.47 bits per heavy atom. The molecule has 0 unspecified atom stereocenters. The summed E-state index contributed by atoms with van der Waals surface area (Å²) in [4.78, 5) is 12.4. The number of nitrogens with zero attached hydrogens (tertiary/aromatic N) is 1. The van der Waals surface area contributed by atoms with Gasteiger partial charge in [-0.1, -0.05) is 30.3 Å². The van der Waals surface area contributed by atoms with E-state index >= 15 is 0 Å². The normalized spacial score (nSPS) is 10.5. The fraction of sp³-hybridized carbons (Fsp3) is 0.214. The van der Waals surface area contributed by atoms with Crippen molar-refractivity contribution >= 4 is 17.5 Å².